The number of aryl methyl sites for hydroxylation is 1. The van der Waals surface area contributed by atoms with Crippen molar-refractivity contribution in [2.45, 2.75) is 44.2 Å². The van der Waals surface area contributed by atoms with Crippen molar-refractivity contribution < 1.29 is 4.74 Å². The molecule has 1 aliphatic heterocycles. The van der Waals surface area contributed by atoms with Crippen LogP contribution < -0.4 is 5.73 Å². The number of nitrogens with two attached hydrogens (primary N) is 1. The third kappa shape index (κ3) is 2.12. The highest BCUT2D eigenvalue weighted by atomic mass is 16.5. The Hall–Kier alpha value is -0.860. The average molecular weight is 231 g/mol. The molecule has 1 aromatic rings. The molecule has 3 rings (SSSR count). The van der Waals surface area contributed by atoms with Gasteiger partial charge in [0.05, 0.1) is 6.10 Å². The molecule has 1 saturated heterocycles. The summed E-state index contributed by atoms with van der Waals surface area (Å²) in [6.07, 6.45) is 4.86. The molecule has 2 fully saturated rings. The number of hydrogen-bond donors (Lipinski definition) is 1. The molecule has 1 aromatic carbocycles. The van der Waals surface area contributed by atoms with E-state index in [4.69, 9.17) is 10.5 Å². The molecule has 0 amide bonds. The summed E-state index contributed by atoms with van der Waals surface area (Å²) >= 11 is 0. The van der Waals surface area contributed by atoms with E-state index in [0.717, 1.165) is 25.4 Å². The van der Waals surface area contributed by atoms with Crippen molar-refractivity contribution in [3.8, 4) is 0 Å². The smallest absolute Gasteiger partial charge is 0.0786 e. The van der Waals surface area contributed by atoms with Crippen LogP contribution in [-0.4, -0.2) is 18.2 Å². The van der Waals surface area contributed by atoms with E-state index >= 15 is 0 Å². The van der Waals surface area contributed by atoms with Crippen molar-refractivity contribution in [3.05, 3.63) is 35.4 Å². The van der Waals surface area contributed by atoms with Crippen molar-refractivity contribution in [1.29, 1.82) is 0 Å². The molecule has 2 unspecified atom stereocenters. The second-order valence-corrected chi connectivity index (χ2v) is 5.72. The van der Waals surface area contributed by atoms with Crippen LogP contribution in [0.5, 0.6) is 0 Å². The molecule has 0 spiro atoms. The van der Waals surface area contributed by atoms with E-state index in [1.165, 1.54) is 24.0 Å². The zero-order chi connectivity index (χ0) is 11.9. The molecule has 0 radical (unpaired) electrons. The lowest BCUT2D eigenvalue weighted by Crippen LogP contribution is -2.50. The summed E-state index contributed by atoms with van der Waals surface area (Å²) in [4.78, 5) is 0. The Kier molecular flexibility index (Phi) is 2.72. The van der Waals surface area contributed by atoms with E-state index in [2.05, 4.69) is 31.2 Å². The van der Waals surface area contributed by atoms with E-state index in [1.807, 2.05) is 0 Å². The van der Waals surface area contributed by atoms with Crippen LogP contribution >= 0.6 is 0 Å². The van der Waals surface area contributed by atoms with Gasteiger partial charge in [-0.1, -0.05) is 24.3 Å². The predicted molar refractivity (Wildman–Crippen MR) is 68.9 cm³/mol. The van der Waals surface area contributed by atoms with E-state index in [-0.39, 0.29) is 5.54 Å². The minimum Gasteiger partial charge on any atom is -0.376 e. The fourth-order valence-corrected chi connectivity index (χ4v) is 3.04. The molecule has 2 atom stereocenters. The quantitative estimate of drug-likeness (QED) is 0.867. The largest absolute Gasteiger partial charge is 0.376 e. The van der Waals surface area contributed by atoms with Gasteiger partial charge in [0.15, 0.2) is 0 Å². The molecule has 1 saturated carbocycles. The first-order valence-electron chi connectivity index (χ1n) is 6.64. The van der Waals surface area contributed by atoms with Gasteiger partial charge in [-0.05, 0) is 49.7 Å². The molecule has 1 heterocycles. The summed E-state index contributed by atoms with van der Waals surface area (Å²) in [5.41, 5.74) is 9.22. The van der Waals surface area contributed by atoms with Crippen LogP contribution in [0, 0.1) is 12.8 Å². The van der Waals surface area contributed by atoms with Crippen LogP contribution in [0.1, 0.15) is 30.4 Å². The van der Waals surface area contributed by atoms with Gasteiger partial charge >= 0.3 is 0 Å². The van der Waals surface area contributed by atoms with Gasteiger partial charge in [0.25, 0.3) is 0 Å². The topological polar surface area (TPSA) is 35.2 Å². The third-order valence-electron chi connectivity index (χ3n) is 4.26. The van der Waals surface area contributed by atoms with Crippen LogP contribution in [0.3, 0.4) is 0 Å². The summed E-state index contributed by atoms with van der Waals surface area (Å²) in [6.45, 7) is 3.00. The molecule has 2 aliphatic rings. The monoisotopic (exact) mass is 231 g/mol. The lowest BCUT2D eigenvalue weighted by atomic mass is 9.82. The molecular formula is C15H21NO. The first-order chi connectivity index (χ1) is 8.19. The zero-order valence-electron chi connectivity index (χ0n) is 10.5. The molecule has 1 aliphatic carbocycles. The predicted octanol–water partition coefficient (Wildman–Crippen LogP) is 2.43. The van der Waals surface area contributed by atoms with Crippen molar-refractivity contribution in [2.24, 2.45) is 11.7 Å². The SMILES string of the molecule is Cc1ccccc1CC1(N)CCOC1C1CC1. The summed E-state index contributed by atoms with van der Waals surface area (Å²) < 4.78 is 5.88. The van der Waals surface area contributed by atoms with Crippen LogP contribution in [0.25, 0.3) is 0 Å². The van der Waals surface area contributed by atoms with Gasteiger partial charge in [0, 0.05) is 12.1 Å². The Bertz CT molecular complexity index is 413. The van der Waals surface area contributed by atoms with Crippen LogP contribution in [0.2, 0.25) is 0 Å². The molecular weight excluding hydrogens is 210 g/mol. The Morgan fingerprint density at radius 2 is 2.12 bits per heavy atom. The number of rotatable bonds is 3. The van der Waals surface area contributed by atoms with Crippen LogP contribution in [0.4, 0.5) is 0 Å². The minimum absolute atomic E-state index is 0.132. The lowest BCUT2D eigenvalue weighted by Gasteiger charge is -2.30. The summed E-state index contributed by atoms with van der Waals surface area (Å²) in [7, 11) is 0. The number of benzene rings is 1. The van der Waals surface area contributed by atoms with E-state index < -0.39 is 0 Å². The maximum atomic E-state index is 6.62. The average Bonchev–Trinajstić information content (AvgIpc) is 3.07. The van der Waals surface area contributed by atoms with Gasteiger partial charge in [0.1, 0.15) is 0 Å². The number of ether oxygens (including phenoxy) is 1. The molecule has 2 nitrogen and oxygen atoms in total. The minimum atomic E-state index is -0.132. The standard InChI is InChI=1S/C15H21NO/c1-11-4-2-3-5-13(11)10-15(16)8-9-17-14(15)12-6-7-12/h2-5,12,14H,6-10,16H2,1H3. The highest BCUT2D eigenvalue weighted by Crippen LogP contribution is 2.43. The molecule has 0 aromatic heterocycles. The summed E-state index contributed by atoms with van der Waals surface area (Å²) in [6, 6.07) is 8.56. The fraction of sp³-hybridized carbons (Fsp3) is 0.600. The van der Waals surface area contributed by atoms with Gasteiger partial charge in [-0.25, -0.2) is 0 Å². The number of hydrogen-bond acceptors (Lipinski definition) is 2. The van der Waals surface area contributed by atoms with E-state index in [9.17, 15) is 0 Å². The molecule has 2 N–H and O–H groups in total. The van der Waals surface area contributed by atoms with Gasteiger partial charge in [0.2, 0.25) is 0 Å². The summed E-state index contributed by atoms with van der Waals surface area (Å²) in [5.74, 6) is 0.728. The van der Waals surface area contributed by atoms with Crippen molar-refractivity contribution >= 4 is 0 Å². The van der Waals surface area contributed by atoms with Crippen molar-refractivity contribution in [1.82, 2.24) is 0 Å². The van der Waals surface area contributed by atoms with Gasteiger partial charge in [-0.15, -0.1) is 0 Å². The van der Waals surface area contributed by atoms with E-state index in [0.29, 0.717) is 6.10 Å². The molecule has 2 heteroatoms. The van der Waals surface area contributed by atoms with Crippen LogP contribution in [0.15, 0.2) is 24.3 Å². The normalized spacial score (nSPS) is 32.9. The molecule has 92 valence electrons. The zero-order valence-corrected chi connectivity index (χ0v) is 10.5. The highest BCUT2D eigenvalue weighted by Gasteiger charge is 2.48. The Morgan fingerprint density at radius 3 is 2.82 bits per heavy atom. The first-order valence-corrected chi connectivity index (χ1v) is 6.64. The Labute approximate surface area is 103 Å². The first kappa shape index (κ1) is 11.2. The second kappa shape index (κ2) is 4.11. The third-order valence-corrected chi connectivity index (χ3v) is 4.26. The van der Waals surface area contributed by atoms with Gasteiger partial charge < -0.3 is 10.5 Å². The lowest BCUT2D eigenvalue weighted by molar-refractivity contribution is 0.0626. The molecule has 17 heavy (non-hydrogen) atoms. The van der Waals surface area contributed by atoms with Crippen molar-refractivity contribution in [3.63, 3.8) is 0 Å². The second-order valence-electron chi connectivity index (χ2n) is 5.72. The Morgan fingerprint density at radius 1 is 1.35 bits per heavy atom. The highest BCUT2D eigenvalue weighted by molar-refractivity contribution is 5.28. The van der Waals surface area contributed by atoms with Gasteiger partial charge in [-0.2, -0.15) is 0 Å². The van der Waals surface area contributed by atoms with Crippen molar-refractivity contribution in [2.75, 3.05) is 6.61 Å². The molecule has 0 bridgehead atoms. The van der Waals surface area contributed by atoms with Crippen LogP contribution in [-0.2, 0) is 11.2 Å². The van der Waals surface area contributed by atoms with Gasteiger partial charge in [-0.3, -0.25) is 0 Å². The fourth-order valence-electron chi connectivity index (χ4n) is 3.04. The maximum Gasteiger partial charge on any atom is 0.0786 e. The maximum absolute atomic E-state index is 6.62. The summed E-state index contributed by atoms with van der Waals surface area (Å²) in [5, 5.41) is 0. The Balaban J connectivity index is 1.81. The van der Waals surface area contributed by atoms with E-state index in [1.54, 1.807) is 0 Å².